The molecule has 0 spiro atoms. The van der Waals surface area contributed by atoms with Crippen LogP contribution in [0, 0.1) is 6.92 Å². The maximum absolute atomic E-state index is 10.6. The van der Waals surface area contributed by atoms with Crippen LogP contribution in [0.5, 0.6) is 5.75 Å². The van der Waals surface area contributed by atoms with Gasteiger partial charge >= 0.3 is 5.97 Å². The lowest BCUT2D eigenvalue weighted by Crippen LogP contribution is -2.24. The van der Waals surface area contributed by atoms with Gasteiger partial charge in [0.2, 0.25) is 0 Å². The highest BCUT2D eigenvalue weighted by molar-refractivity contribution is 5.66. The Hall–Kier alpha value is -3.34. The number of anilines is 2. The third-order valence-corrected chi connectivity index (χ3v) is 4.58. The first-order valence-electron chi connectivity index (χ1n) is 9.81. The minimum atomic E-state index is -0.754. The molecule has 0 unspecified atom stereocenters. The van der Waals surface area contributed by atoms with Gasteiger partial charge in [-0.3, -0.25) is 4.79 Å². The average Bonchev–Trinajstić information content (AvgIpc) is 2.73. The van der Waals surface area contributed by atoms with E-state index >= 15 is 0 Å². The van der Waals surface area contributed by atoms with Crippen molar-refractivity contribution in [1.82, 2.24) is 4.98 Å². The summed E-state index contributed by atoms with van der Waals surface area (Å²) in [5.74, 6) is 0.946. The second-order valence-electron chi connectivity index (χ2n) is 6.86. The third kappa shape index (κ3) is 6.35. The molecule has 2 aromatic carbocycles. The number of aromatic nitrogens is 1. The number of hydrogen-bond acceptors (Lipinski definition) is 4. The van der Waals surface area contributed by atoms with Gasteiger partial charge in [-0.05, 0) is 61.7 Å². The molecule has 1 N–H and O–H groups in total. The van der Waals surface area contributed by atoms with Gasteiger partial charge in [0.15, 0.2) is 0 Å². The van der Waals surface area contributed by atoms with Gasteiger partial charge in [0.25, 0.3) is 0 Å². The molecule has 0 radical (unpaired) electrons. The molecule has 0 bridgehead atoms. The molecule has 5 nitrogen and oxygen atoms in total. The van der Waals surface area contributed by atoms with Crippen molar-refractivity contribution in [3.05, 3.63) is 84.1 Å². The Morgan fingerprint density at radius 2 is 1.76 bits per heavy atom. The lowest BCUT2D eigenvalue weighted by molar-refractivity contribution is -0.137. The van der Waals surface area contributed by atoms with Gasteiger partial charge < -0.3 is 14.7 Å². The summed E-state index contributed by atoms with van der Waals surface area (Å²) in [7, 11) is 0. The minimum Gasteiger partial charge on any atom is -0.492 e. The zero-order valence-electron chi connectivity index (χ0n) is 16.6. The highest BCUT2D eigenvalue weighted by Crippen LogP contribution is 2.23. The van der Waals surface area contributed by atoms with E-state index in [2.05, 4.69) is 22.0 Å². The first kappa shape index (κ1) is 20.4. The summed E-state index contributed by atoms with van der Waals surface area (Å²) in [6.45, 7) is 3.17. The number of para-hydroxylation sites is 1. The number of nitrogens with zero attached hydrogens (tertiary/aromatic N) is 2. The molecule has 0 saturated heterocycles. The van der Waals surface area contributed by atoms with Crippen LogP contribution >= 0.6 is 0 Å². The molecule has 0 amide bonds. The van der Waals surface area contributed by atoms with E-state index in [1.165, 1.54) is 0 Å². The maximum Gasteiger partial charge on any atom is 0.303 e. The summed E-state index contributed by atoms with van der Waals surface area (Å²) in [6.07, 6.45) is 1.60. The fourth-order valence-corrected chi connectivity index (χ4v) is 3.11. The van der Waals surface area contributed by atoms with Gasteiger partial charge in [0.05, 0.1) is 6.54 Å². The van der Waals surface area contributed by atoms with Crippen LogP contribution in [-0.2, 0) is 11.2 Å². The van der Waals surface area contributed by atoms with E-state index in [0.29, 0.717) is 19.6 Å². The Kier molecular flexibility index (Phi) is 7.22. The Morgan fingerprint density at radius 1 is 1.00 bits per heavy atom. The molecule has 3 rings (SSSR count). The lowest BCUT2D eigenvalue weighted by Gasteiger charge is -2.24. The Labute approximate surface area is 171 Å². The topological polar surface area (TPSA) is 62.7 Å². The molecule has 150 valence electrons. The fourth-order valence-electron chi connectivity index (χ4n) is 3.11. The van der Waals surface area contributed by atoms with Crippen LogP contribution in [0.25, 0.3) is 0 Å². The van der Waals surface area contributed by atoms with Gasteiger partial charge in [-0.1, -0.05) is 36.4 Å². The number of hydrogen-bond donors (Lipinski definition) is 1. The van der Waals surface area contributed by atoms with Crippen LogP contribution in [0.3, 0.4) is 0 Å². The van der Waals surface area contributed by atoms with Gasteiger partial charge in [0.1, 0.15) is 18.2 Å². The smallest absolute Gasteiger partial charge is 0.303 e. The van der Waals surface area contributed by atoms with E-state index in [9.17, 15) is 4.79 Å². The Balaban J connectivity index is 1.59. The SMILES string of the molecule is Cc1cccc(N(CCOc2ccc(CCCC(=O)O)cc2)c2ccccc2)n1. The van der Waals surface area contributed by atoms with Crippen LogP contribution in [0.2, 0.25) is 0 Å². The molecule has 0 aliphatic carbocycles. The highest BCUT2D eigenvalue weighted by Gasteiger charge is 2.11. The van der Waals surface area contributed by atoms with Crippen molar-refractivity contribution in [3.8, 4) is 5.75 Å². The molecule has 0 fully saturated rings. The van der Waals surface area contributed by atoms with Crippen LogP contribution in [-0.4, -0.2) is 29.2 Å². The predicted molar refractivity (Wildman–Crippen MR) is 115 cm³/mol. The van der Waals surface area contributed by atoms with E-state index in [0.717, 1.165) is 34.9 Å². The van der Waals surface area contributed by atoms with Crippen LogP contribution in [0.15, 0.2) is 72.8 Å². The quantitative estimate of drug-likeness (QED) is 0.527. The third-order valence-electron chi connectivity index (χ3n) is 4.58. The molecule has 3 aromatic rings. The molecule has 1 aromatic heterocycles. The molecule has 5 heteroatoms. The number of benzene rings is 2. The predicted octanol–water partition coefficient (Wildman–Crippen LogP) is 5.01. The van der Waals surface area contributed by atoms with Crippen LogP contribution in [0.1, 0.15) is 24.1 Å². The number of carboxylic acid groups (broad SMARTS) is 1. The summed E-state index contributed by atoms with van der Waals surface area (Å²) in [5, 5.41) is 8.73. The first-order valence-corrected chi connectivity index (χ1v) is 9.81. The number of ether oxygens (including phenoxy) is 1. The number of pyridine rings is 1. The summed E-state index contributed by atoms with van der Waals surface area (Å²) in [5.41, 5.74) is 3.17. The molecule has 0 aliphatic heterocycles. The van der Waals surface area contributed by atoms with Crippen molar-refractivity contribution >= 4 is 17.5 Å². The van der Waals surface area contributed by atoms with Gasteiger partial charge in [-0.15, -0.1) is 0 Å². The molecule has 29 heavy (non-hydrogen) atoms. The second kappa shape index (κ2) is 10.3. The molecule has 0 aliphatic rings. The largest absolute Gasteiger partial charge is 0.492 e. The maximum atomic E-state index is 10.6. The standard InChI is InChI=1S/C24H26N2O3/c1-19-7-5-11-23(25-19)26(21-9-3-2-4-10-21)17-18-29-22-15-13-20(14-16-22)8-6-12-24(27)28/h2-5,7,9-11,13-16H,6,8,12,17-18H2,1H3,(H,27,28). The fraction of sp³-hybridized carbons (Fsp3) is 0.250. The van der Waals surface area contributed by atoms with Crippen molar-refractivity contribution in [2.45, 2.75) is 26.2 Å². The minimum absolute atomic E-state index is 0.195. The monoisotopic (exact) mass is 390 g/mol. The summed E-state index contributed by atoms with van der Waals surface area (Å²) in [6, 6.07) is 24.0. The van der Waals surface area contributed by atoms with Crippen LogP contribution in [0.4, 0.5) is 11.5 Å². The van der Waals surface area contributed by atoms with E-state index in [-0.39, 0.29) is 6.42 Å². The van der Waals surface area contributed by atoms with E-state index in [1.54, 1.807) is 0 Å². The number of aliphatic carboxylic acids is 1. The van der Waals surface area contributed by atoms with Crippen molar-refractivity contribution in [1.29, 1.82) is 0 Å². The van der Waals surface area contributed by atoms with Gasteiger partial charge in [0, 0.05) is 17.8 Å². The van der Waals surface area contributed by atoms with Crippen LogP contribution < -0.4 is 9.64 Å². The van der Waals surface area contributed by atoms with Crippen molar-refractivity contribution < 1.29 is 14.6 Å². The first-order chi connectivity index (χ1) is 14.1. The van der Waals surface area contributed by atoms with Crippen molar-refractivity contribution in [2.75, 3.05) is 18.1 Å². The summed E-state index contributed by atoms with van der Waals surface area (Å²) >= 11 is 0. The number of rotatable bonds is 10. The zero-order valence-corrected chi connectivity index (χ0v) is 16.6. The summed E-state index contributed by atoms with van der Waals surface area (Å²) in [4.78, 5) is 17.4. The van der Waals surface area contributed by atoms with Gasteiger partial charge in [-0.2, -0.15) is 0 Å². The molecule has 0 saturated carbocycles. The highest BCUT2D eigenvalue weighted by atomic mass is 16.5. The number of carbonyl (C=O) groups is 1. The zero-order chi connectivity index (χ0) is 20.5. The Morgan fingerprint density at radius 3 is 2.45 bits per heavy atom. The van der Waals surface area contributed by atoms with Crippen molar-refractivity contribution in [2.24, 2.45) is 0 Å². The molecule has 1 heterocycles. The summed E-state index contributed by atoms with van der Waals surface area (Å²) < 4.78 is 5.94. The average molecular weight is 390 g/mol. The van der Waals surface area contributed by atoms with Gasteiger partial charge in [-0.25, -0.2) is 4.98 Å². The number of aryl methyl sites for hydroxylation is 2. The van der Waals surface area contributed by atoms with E-state index < -0.39 is 5.97 Å². The molecule has 0 atom stereocenters. The van der Waals surface area contributed by atoms with E-state index in [1.807, 2.05) is 67.6 Å². The van der Waals surface area contributed by atoms with E-state index in [4.69, 9.17) is 9.84 Å². The Bertz CT molecular complexity index is 911. The molecular formula is C24H26N2O3. The number of carboxylic acids is 1. The van der Waals surface area contributed by atoms with Crippen molar-refractivity contribution in [3.63, 3.8) is 0 Å². The molecular weight excluding hydrogens is 364 g/mol. The normalized spacial score (nSPS) is 10.5. The lowest BCUT2D eigenvalue weighted by atomic mass is 10.1. The second-order valence-corrected chi connectivity index (χ2v) is 6.86.